The second-order valence-electron chi connectivity index (χ2n) is 3.37. The van der Waals surface area contributed by atoms with Crippen molar-refractivity contribution in [1.82, 2.24) is 0 Å². The number of aliphatic hydroxyl groups is 1. The molecule has 0 spiro atoms. The van der Waals surface area contributed by atoms with Crippen LogP contribution in [0.25, 0.3) is 0 Å². The standard InChI is InChI=1S/C11H14O2/c1-2-13-11(12)8-7-9-5-3-4-6-10(9)11/h3-6,12H,2,7-8H2,1H3. The molecule has 1 atom stereocenters. The molecule has 0 radical (unpaired) electrons. The van der Waals surface area contributed by atoms with E-state index in [1.165, 1.54) is 5.56 Å². The topological polar surface area (TPSA) is 29.5 Å². The van der Waals surface area contributed by atoms with Gasteiger partial charge in [0.05, 0.1) is 0 Å². The average molecular weight is 178 g/mol. The van der Waals surface area contributed by atoms with Crippen molar-refractivity contribution in [3.05, 3.63) is 35.4 Å². The molecule has 2 nitrogen and oxygen atoms in total. The fourth-order valence-corrected chi connectivity index (χ4v) is 1.95. The Morgan fingerprint density at radius 2 is 2.23 bits per heavy atom. The van der Waals surface area contributed by atoms with Gasteiger partial charge in [0.2, 0.25) is 0 Å². The lowest BCUT2D eigenvalue weighted by Crippen LogP contribution is -2.26. The van der Waals surface area contributed by atoms with Crippen LogP contribution in [0.2, 0.25) is 0 Å². The molecule has 70 valence electrons. The van der Waals surface area contributed by atoms with Gasteiger partial charge in [0.1, 0.15) is 0 Å². The molecule has 1 aromatic rings. The monoisotopic (exact) mass is 178 g/mol. The van der Waals surface area contributed by atoms with Crippen LogP contribution in [0.1, 0.15) is 24.5 Å². The van der Waals surface area contributed by atoms with E-state index in [-0.39, 0.29) is 0 Å². The Bertz CT molecular complexity index is 305. The zero-order valence-corrected chi connectivity index (χ0v) is 7.79. The Balaban J connectivity index is 2.37. The average Bonchev–Trinajstić information content (AvgIpc) is 2.46. The molecule has 1 unspecified atom stereocenters. The van der Waals surface area contributed by atoms with Crippen molar-refractivity contribution >= 4 is 0 Å². The Hall–Kier alpha value is -0.860. The summed E-state index contributed by atoms with van der Waals surface area (Å²) in [6.07, 6.45) is 1.59. The second-order valence-corrected chi connectivity index (χ2v) is 3.37. The van der Waals surface area contributed by atoms with Gasteiger partial charge in [-0.05, 0) is 18.9 Å². The van der Waals surface area contributed by atoms with E-state index in [4.69, 9.17) is 4.74 Å². The highest BCUT2D eigenvalue weighted by molar-refractivity contribution is 5.35. The van der Waals surface area contributed by atoms with Gasteiger partial charge in [-0.3, -0.25) is 0 Å². The molecule has 2 rings (SSSR count). The number of benzene rings is 1. The summed E-state index contributed by atoms with van der Waals surface area (Å²) in [5, 5.41) is 10.1. The normalized spacial score (nSPS) is 26.0. The van der Waals surface area contributed by atoms with Gasteiger partial charge in [-0.1, -0.05) is 24.3 Å². The van der Waals surface area contributed by atoms with Crippen LogP contribution in [0.3, 0.4) is 0 Å². The Kier molecular flexibility index (Phi) is 2.10. The van der Waals surface area contributed by atoms with Gasteiger partial charge < -0.3 is 9.84 Å². The quantitative estimate of drug-likeness (QED) is 0.700. The maximum absolute atomic E-state index is 10.1. The van der Waals surface area contributed by atoms with Crippen molar-refractivity contribution < 1.29 is 9.84 Å². The molecular formula is C11H14O2. The number of hydrogen-bond acceptors (Lipinski definition) is 2. The first kappa shape index (κ1) is 8.73. The smallest absolute Gasteiger partial charge is 0.192 e. The number of rotatable bonds is 2. The first-order valence-corrected chi connectivity index (χ1v) is 4.71. The largest absolute Gasteiger partial charge is 0.362 e. The predicted octanol–water partition coefficient (Wildman–Crippen LogP) is 1.81. The molecule has 0 aromatic heterocycles. The summed E-state index contributed by atoms with van der Waals surface area (Å²) in [6, 6.07) is 7.93. The third-order valence-electron chi connectivity index (χ3n) is 2.55. The molecule has 0 aliphatic heterocycles. The van der Waals surface area contributed by atoms with E-state index in [9.17, 15) is 5.11 Å². The fraction of sp³-hybridized carbons (Fsp3) is 0.455. The van der Waals surface area contributed by atoms with Gasteiger partial charge in [-0.2, -0.15) is 0 Å². The van der Waals surface area contributed by atoms with Crippen LogP contribution < -0.4 is 0 Å². The highest BCUT2D eigenvalue weighted by atomic mass is 16.6. The molecule has 0 fully saturated rings. The molecule has 13 heavy (non-hydrogen) atoms. The highest BCUT2D eigenvalue weighted by Gasteiger charge is 2.36. The summed E-state index contributed by atoms with van der Waals surface area (Å²) in [4.78, 5) is 0. The molecule has 0 saturated heterocycles. The van der Waals surface area contributed by atoms with Crippen molar-refractivity contribution in [1.29, 1.82) is 0 Å². The zero-order valence-electron chi connectivity index (χ0n) is 7.79. The first-order valence-electron chi connectivity index (χ1n) is 4.71. The molecule has 0 saturated carbocycles. The van der Waals surface area contributed by atoms with Crippen LogP contribution in [0, 0.1) is 0 Å². The molecule has 1 N–H and O–H groups in total. The zero-order chi connectivity index (χ0) is 9.31. The van der Waals surface area contributed by atoms with Crippen LogP contribution >= 0.6 is 0 Å². The molecule has 1 aromatic carbocycles. The minimum atomic E-state index is -1.02. The molecular weight excluding hydrogens is 164 g/mol. The van der Waals surface area contributed by atoms with Gasteiger partial charge in [0.25, 0.3) is 0 Å². The lowest BCUT2D eigenvalue weighted by Gasteiger charge is -2.23. The van der Waals surface area contributed by atoms with E-state index in [2.05, 4.69) is 0 Å². The third kappa shape index (κ3) is 1.36. The van der Waals surface area contributed by atoms with Crippen LogP contribution in [0.4, 0.5) is 0 Å². The first-order chi connectivity index (χ1) is 6.26. The summed E-state index contributed by atoms with van der Waals surface area (Å²) in [5.74, 6) is -1.02. The fourth-order valence-electron chi connectivity index (χ4n) is 1.95. The van der Waals surface area contributed by atoms with Crippen molar-refractivity contribution in [2.24, 2.45) is 0 Å². The summed E-state index contributed by atoms with van der Waals surface area (Å²) >= 11 is 0. The van der Waals surface area contributed by atoms with Gasteiger partial charge >= 0.3 is 0 Å². The molecule has 0 bridgehead atoms. The second kappa shape index (κ2) is 3.13. The number of fused-ring (bicyclic) bond motifs is 1. The van der Waals surface area contributed by atoms with Crippen molar-refractivity contribution in [2.75, 3.05) is 6.61 Å². The van der Waals surface area contributed by atoms with Crippen LogP contribution in [0.5, 0.6) is 0 Å². The van der Waals surface area contributed by atoms with Gasteiger partial charge in [0, 0.05) is 18.6 Å². The highest BCUT2D eigenvalue weighted by Crippen LogP contribution is 2.37. The maximum atomic E-state index is 10.1. The summed E-state index contributed by atoms with van der Waals surface area (Å²) < 4.78 is 5.37. The third-order valence-corrected chi connectivity index (χ3v) is 2.55. The maximum Gasteiger partial charge on any atom is 0.192 e. The van der Waals surface area contributed by atoms with Gasteiger partial charge in [-0.25, -0.2) is 0 Å². The summed E-state index contributed by atoms with van der Waals surface area (Å²) in [6.45, 7) is 2.45. The van der Waals surface area contributed by atoms with Crippen LogP contribution in [0.15, 0.2) is 24.3 Å². The van der Waals surface area contributed by atoms with Crippen molar-refractivity contribution in [3.63, 3.8) is 0 Å². The van der Waals surface area contributed by atoms with E-state index in [1.807, 2.05) is 31.2 Å². The molecule has 2 heteroatoms. The SMILES string of the molecule is CCOC1(O)CCc2ccccc21. The van der Waals surface area contributed by atoms with E-state index < -0.39 is 5.79 Å². The minimum Gasteiger partial charge on any atom is -0.362 e. The van der Waals surface area contributed by atoms with Crippen LogP contribution in [-0.2, 0) is 16.9 Å². The summed E-state index contributed by atoms with van der Waals surface area (Å²) in [5.41, 5.74) is 2.15. The number of aryl methyl sites for hydroxylation is 1. The Morgan fingerprint density at radius 3 is 3.00 bits per heavy atom. The lowest BCUT2D eigenvalue weighted by molar-refractivity contribution is -0.207. The molecule has 0 amide bonds. The van der Waals surface area contributed by atoms with Crippen molar-refractivity contribution in [2.45, 2.75) is 25.6 Å². The number of hydrogen-bond donors (Lipinski definition) is 1. The van der Waals surface area contributed by atoms with E-state index in [0.717, 1.165) is 12.0 Å². The number of ether oxygens (including phenoxy) is 1. The molecule has 1 aliphatic rings. The lowest BCUT2D eigenvalue weighted by atomic mass is 10.1. The van der Waals surface area contributed by atoms with Crippen LogP contribution in [-0.4, -0.2) is 11.7 Å². The van der Waals surface area contributed by atoms with Gasteiger partial charge in [-0.15, -0.1) is 0 Å². The summed E-state index contributed by atoms with van der Waals surface area (Å²) in [7, 11) is 0. The molecule has 1 aliphatic carbocycles. The van der Waals surface area contributed by atoms with E-state index in [1.54, 1.807) is 0 Å². The van der Waals surface area contributed by atoms with E-state index >= 15 is 0 Å². The Labute approximate surface area is 78.2 Å². The molecule has 0 heterocycles. The van der Waals surface area contributed by atoms with Gasteiger partial charge in [0.15, 0.2) is 5.79 Å². The van der Waals surface area contributed by atoms with Crippen molar-refractivity contribution in [3.8, 4) is 0 Å². The minimum absolute atomic E-state index is 0.546. The Morgan fingerprint density at radius 1 is 1.46 bits per heavy atom. The predicted molar refractivity (Wildman–Crippen MR) is 50.3 cm³/mol. The van der Waals surface area contributed by atoms with E-state index in [0.29, 0.717) is 13.0 Å².